The minimum atomic E-state index is 0.654. The van der Waals surface area contributed by atoms with Crippen molar-refractivity contribution in [2.24, 2.45) is 0 Å². The van der Waals surface area contributed by atoms with E-state index >= 15 is 0 Å². The van der Waals surface area contributed by atoms with E-state index in [1.807, 2.05) is 11.3 Å². The number of hydrogen-bond acceptors (Lipinski definition) is 3. The fourth-order valence-corrected chi connectivity index (χ4v) is 3.31. The minimum Gasteiger partial charge on any atom is -0.314 e. The van der Waals surface area contributed by atoms with E-state index < -0.39 is 0 Å². The first-order valence-electron chi connectivity index (χ1n) is 5.11. The Morgan fingerprint density at radius 1 is 1.57 bits per heavy atom. The lowest BCUT2D eigenvalue weighted by Crippen LogP contribution is -2.35. The highest BCUT2D eigenvalue weighted by atomic mass is 79.9. The molecule has 0 bridgehead atoms. The van der Waals surface area contributed by atoms with Gasteiger partial charge in [-0.15, -0.1) is 11.3 Å². The molecule has 1 aliphatic rings. The van der Waals surface area contributed by atoms with Gasteiger partial charge in [-0.3, -0.25) is 0 Å². The van der Waals surface area contributed by atoms with Crippen LogP contribution >= 0.6 is 27.3 Å². The Bertz CT molecular complexity index is 286. The molecule has 2 rings (SSSR count). The van der Waals surface area contributed by atoms with Gasteiger partial charge < -0.3 is 5.32 Å². The second kappa shape index (κ2) is 4.73. The number of thiazole rings is 1. The van der Waals surface area contributed by atoms with Gasteiger partial charge in [0.2, 0.25) is 0 Å². The molecular weight excluding hydrogens is 260 g/mol. The summed E-state index contributed by atoms with van der Waals surface area (Å²) in [6, 6.07) is 0.654. The van der Waals surface area contributed by atoms with Crippen LogP contribution in [0.4, 0.5) is 0 Å². The molecule has 0 aromatic carbocycles. The molecule has 14 heavy (non-hydrogen) atoms. The lowest BCUT2D eigenvalue weighted by atomic mass is 10.0. The molecule has 1 aromatic rings. The van der Waals surface area contributed by atoms with Crippen LogP contribution in [-0.2, 0) is 6.42 Å². The quantitative estimate of drug-likeness (QED) is 0.897. The van der Waals surface area contributed by atoms with Crippen molar-refractivity contribution < 1.29 is 0 Å². The van der Waals surface area contributed by atoms with Crippen LogP contribution in [0.15, 0.2) is 4.60 Å². The summed E-state index contributed by atoms with van der Waals surface area (Å²) >= 11 is 5.27. The summed E-state index contributed by atoms with van der Waals surface area (Å²) in [4.78, 5) is 5.79. The third-order valence-electron chi connectivity index (χ3n) is 2.62. The maximum atomic E-state index is 4.50. The van der Waals surface area contributed by atoms with Crippen LogP contribution in [0.25, 0.3) is 0 Å². The fourth-order valence-electron chi connectivity index (χ4n) is 1.83. The molecular formula is C10H15BrN2S. The maximum absolute atomic E-state index is 4.50. The number of piperidine rings is 1. The van der Waals surface area contributed by atoms with Crippen molar-refractivity contribution in [2.45, 2.75) is 38.6 Å². The van der Waals surface area contributed by atoms with Crippen LogP contribution in [0, 0.1) is 6.92 Å². The van der Waals surface area contributed by atoms with Crippen molar-refractivity contribution in [2.75, 3.05) is 6.54 Å². The van der Waals surface area contributed by atoms with Crippen molar-refractivity contribution >= 4 is 27.3 Å². The number of hydrogen-bond donors (Lipinski definition) is 1. The Kier molecular flexibility index (Phi) is 3.57. The van der Waals surface area contributed by atoms with Crippen molar-refractivity contribution in [1.82, 2.24) is 10.3 Å². The summed E-state index contributed by atoms with van der Waals surface area (Å²) in [7, 11) is 0. The summed E-state index contributed by atoms with van der Waals surface area (Å²) in [6.07, 6.45) is 5.09. The Morgan fingerprint density at radius 2 is 2.43 bits per heavy atom. The second-order valence-electron chi connectivity index (χ2n) is 3.81. The Morgan fingerprint density at radius 3 is 3.00 bits per heavy atom. The van der Waals surface area contributed by atoms with Gasteiger partial charge >= 0.3 is 0 Å². The Balaban J connectivity index is 1.95. The topological polar surface area (TPSA) is 24.9 Å². The van der Waals surface area contributed by atoms with E-state index in [4.69, 9.17) is 0 Å². The van der Waals surface area contributed by atoms with Crippen molar-refractivity contribution in [3.8, 4) is 0 Å². The molecule has 0 spiro atoms. The third-order valence-corrected chi connectivity index (χ3v) is 4.65. The molecule has 4 heteroatoms. The van der Waals surface area contributed by atoms with Crippen LogP contribution in [0.1, 0.15) is 29.1 Å². The summed E-state index contributed by atoms with van der Waals surface area (Å²) < 4.78 is 1.02. The van der Waals surface area contributed by atoms with Crippen LogP contribution in [0.2, 0.25) is 0 Å². The highest BCUT2D eigenvalue weighted by molar-refractivity contribution is 9.10. The minimum absolute atomic E-state index is 0.654. The molecule has 1 atom stereocenters. The van der Waals surface area contributed by atoms with Gasteiger partial charge in [0.15, 0.2) is 0 Å². The molecule has 0 radical (unpaired) electrons. The van der Waals surface area contributed by atoms with Crippen molar-refractivity contribution in [1.29, 1.82) is 0 Å². The van der Waals surface area contributed by atoms with Crippen molar-refractivity contribution in [3.05, 3.63) is 14.5 Å². The van der Waals surface area contributed by atoms with E-state index in [0.717, 1.165) is 11.0 Å². The number of nitrogens with one attached hydrogen (secondary N) is 1. The number of halogens is 1. The predicted octanol–water partition coefficient (Wildman–Crippen LogP) is 2.90. The molecule has 1 saturated heterocycles. The average molecular weight is 275 g/mol. The summed E-state index contributed by atoms with van der Waals surface area (Å²) in [5.74, 6) is 0. The normalized spacial score (nSPS) is 22.6. The second-order valence-corrected chi connectivity index (χ2v) is 5.84. The van der Waals surface area contributed by atoms with Crippen LogP contribution in [0.5, 0.6) is 0 Å². The van der Waals surface area contributed by atoms with Crippen LogP contribution in [0.3, 0.4) is 0 Å². The first kappa shape index (κ1) is 10.6. The first-order chi connectivity index (χ1) is 6.75. The Labute approximate surface area is 97.3 Å². The molecule has 2 nitrogen and oxygen atoms in total. The molecule has 1 aliphatic heterocycles. The van der Waals surface area contributed by atoms with Crippen LogP contribution < -0.4 is 5.32 Å². The van der Waals surface area contributed by atoms with Gasteiger partial charge in [-0.25, -0.2) is 4.98 Å². The summed E-state index contributed by atoms with van der Waals surface area (Å²) in [5, 5.41) is 4.81. The average Bonchev–Trinajstić information content (AvgIpc) is 2.47. The van der Waals surface area contributed by atoms with Gasteiger partial charge in [0, 0.05) is 17.3 Å². The zero-order valence-electron chi connectivity index (χ0n) is 8.35. The van der Waals surface area contributed by atoms with Gasteiger partial charge in [0.1, 0.15) is 4.60 Å². The Hall–Kier alpha value is 0.0700. The number of rotatable bonds is 2. The first-order valence-corrected chi connectivity index (χ1v) is 6.72. The van der Waals surface area contributed by atoms with E-state index in [1.54, 1.807) is 0 Å². The highest BCUT2D eigenvalue weighted by Gasteiger charge is 2.15. The lowest BCUT2D eigenvalue weighted by molar-refractivity contribution is 0.399. The molecule has 0 amide bonds. The third kappa shape index (κ3) is 2.55. The number of aromatic nitrogens is 1. The highest BCUT2D eigenvalue weighted by Crippen LogP contribution is 2.24. The van der Waals surface area contributed by atoms with Crippen LogP contribution in [-0.4, -0.2) is 17.6 Å². The SMILES string of the molecule is Cc1sc(CC2CCCCN2)nc1Br. The van der Waals surface area contributed by atoms with Gasteiger partial charge in [-0.2, -0.15) is 0 Å². The zero-order valence-corrected chi connectivity index (χ0v) is 10.7. The van der Waals surface area contributed by atoms with Gasteiger partial charge in [0.05, 0.1) is 5.01 Å². The molecule has 1 N–H and O–H groups in total. The number of nitrogens with zero attached hydrogens (tertiary/aromatic N) is 1. The van der Waals surface area contributed by atoms with Gasteiger partial charge in [-0.05, 0) is 42.2 Å². The molecule has 1 unspecified atom stereocenters. The lowest BCUT2D eigenvalue weighted by Gasteiger charge is -2.22. The van der Waals surface area contributed by atoms with Gasteiger partial charge in [0.25, 0.3) is 0 Å². The maximum Gasteiger partial charge on any atom is 0.120 e. The van der Waals surface area contributed by atoms with E-state index in [1.165, 1.54) is 35.7 Å². The van der Waals surface area contributed by atoms with E-state index in [9.17, 15) is 0 Å². The zero-order chi connectivity index (χ0) is 9.97. The molecule has 1 aromatic heterocycles. The van der Waals surface area contributed by atoms with Crippen molar-refractivity contribution in [3.63, 3.8) is 0 Å². The standard InChI is InChI=1S/C10H15BrN2S/c1-7-10(11)13-9(14-7)6-8-4-2-3-5-12-8/h8,12H,2-6H2,1H3. The van der Waals surface area contributed by atoms with E-state index in [-0.39, 0.29) is 0 Å². The molecule has 78 valence electrons. The summed E-state index contributed by atoms with van der Waals surface area (Å²) in [5.41, 5.74) is 0. The molecule has 0 saturated carbocycles. The van der Waals surface area contributed by atoms with E-state index in [0.29, 0.717) is 6.04 Å². The monoisotopic (exact) mass is 274 g/mol. The number of aryl methyl sites for hydroxylation is 1. The molecule has 2 heterocycles. The largest absolute Gasteiger partial charge is 0.314 e. The summed E-state index contributed by atoms with van der Waals surface area (Å²) in [6.45, 7) is 3.29. The smallest absolute Gasteiger partial charge is 0.120 e. The van der Waals surface area contributed by atoms with Gasteiger partial charge in [-0.1, -0.05) is 6.42 Å². The molecule has 1 fully saturated rings. The fraction of sp³-hybridized carbons (Fsp3) is 0.700. The molecule has 0 aliphatic carbocycles. The predicted molar refractivity (Wildman–Crippen MR) is 63.9 cm³/mol. The van der Waals surface area contributed by atoms with E-state index in [2.05, 4.69) is 33.2 Å².